The van der Waals surface area contributed by atoms with Crippen LogP contribution in [0.5, 0.6) is 11.5 Å². The fourth-order valence-electron chi connectivity index (χ4n) is 3.61. The van der Waals surface area contributed by atoms with Gasteiger partial charge in [0.15, 0.2) is 11.5 Å². The highest BCUT2D eigenvalue weighted by Crippen LogP contribution is 2.30. The van der Waals surface area contributed by atoms with Gasteiger partial charge in [0.1, 0.15) is 0 Å². The highest BCUT2D eigenvalue weighted by atomic mass is 16.5. The molecule has 0 spiro atoms. The molecule has 0 unspecified atom stereocenters. The first-order valence-electron chi connectivity index (χ1n) is 10.8. The molecule has 6 nitrogen and oxygen atoms in total. The Morgan fingerprint density at radius 1 is 1.00 bits per heavy atom. The summed E-state index contributed by atoms with van der Waals surface area (Å²) in [6.45, 7) is 9.40. The van der Waals surface area contributed by atoms with E-state index in [1.54, 1.807) is 0 Å². The van der Waals surface area contributed by atoms with Crippen LogP contribution in [-0.2, 0) is 4.74 Å². The van der Waals surface area contributed by atoms with Gasteiger partial charge < -0.3 is 19.1 Å². The largest absolute Gasteiger partial charge is 0.490 e. The van der Waals surface area contributed by atoms with Crippen LogP contribution in [0.2, 0.25) is 0 Å². The molecule has 1 amide bonds. The van der Waals surface area contributed by atoms with Crippen LogP contribution in [-0.4, -0.2) is 74.9 Å². The summed E-state index contributed by atoms with van der Waals surface area (Å²) in [5.74, 6) is 1.50. The van der Waals surface area contributed by atoms with Gasteiger partial charge in [-0.25, -0.2) is 0 Å². The molecule has 0 N–H and O–H groups in total. The van der Waals surface area contributed by atoms with Crippen LogP contribution in [0.25, 0.3) is 0 Å². The lowest BCUT2D eigenvalue weighted by Crippen LogP contribution is -2.43. The lowest BCUT2D eigenvalue weighted by Gasteiger charge is -2.30. The van der Waals surface area contributed by atoms with Crippen molar-refractivity contribution >= 4 is 5.91 Å². The zero-order valence-corrected chi connectivity index (χ0v) is 17.2. The molecule has 2 heterocycles. The van der Waals surface area contributed by atoms with Crippen molar-refractivity contribution in [3.05, 3.63) is 23.8 Å². The maximum absolute atomic E-state index is 13.2. The van der Waals surface area contributed by atoms with Crippen molar-refractivity contribution in [2.45, 2.75) is 39.0 Å². The third-order valence-corrected chi connectivity index (χ3v) is 5.35. The van der Waals surface area contributed by atoms with Crippen molar-refractivity contribution < 1.29 is 19.0 Å². The summed E-state index contributed by atoms with van der Waals surface area (Å²) in [7, 11) is 0. The van der Waals surface area contributed by atoms with E-state index < -0.39 is 0 Å². The summed E-state index contributed by atoms with van der Waals surface area (Å²) in [6.07, 6.45) is 5.49. The number of morpholine rings is 1. The van der Waals surface area contributed by atoms with E-state index in [1.807, 2.05) is 23.1 Å². The molecule has 1 saturated heterocycles. The van der Waals surface area contributed by atoms with Gasteiger partial charge in [0.05, 0.1) is 26.4 Å². The van der Waals surface area contributed by atoms with E-state index in [4.69, 9.17) is 14.2 Å². The van der Waals surface area contributed by atoms with Crippen LogP contribution in [0.15, 0.2) is 18.2 Å². The first kappa shape index (κ1) is 20.9. The average Bonchev–Trinajstić information content (AvgIpc) is 2.98. The summed E-state index contributed by atoms with van der Waals surface area (Å²) in [5, 5.41) is 0. The first-order chi connectivity index (χ1) is 13.8. The molecule has 28 heavy (non-hydrogen) atoms. The number of hydrogen-bond acceptors (Lipinski definition) is 5. The number of unbranched alkanes of at least 4 members (excludes halogenated alkanes) is 3. The fraction of sp³-hybridized carbons (Fsp3) is 0.682. The van der Waals surface area contributed by atoms with Crippen LogP contribution in [0.1, 0.15) is 49.4 Å². The minimum atomic E-state index is 0.0837. The number of carbonyl (C=O) groups is 1. The number of rotatable bonds is 9. The van der Waals surface area contributed by atoms with Crippen LogP contribution < -0.4 is 9.47 Å². The van der Waals surface area contributed by atoms with Gasteiger partial charge in [-0.05, 0) is 24.6 Å². The van der Waals surface area contributed by atoms with Crippen molar-refractivity contribution in [3.8, 4) is 11.5 Å². The van der Waals surface area contributed by atoms with E-state index in [0.29, 0.717) is 24.5 Å². The minimum absolute atomic E-state index is 0.0837. The number of fused-ring (bicyclic) bond motifs is 1. The van der Waals surface area contributed by atoms with Gasteiger partial charge in [0.25, 0.3) is 5.91 Å². The maximum Gasteiger partial charge on any atom is 0.254 e. The van der Waals surface area contributed by atoms with Gasteiger partial charge >= 0.3 is 0 Å². The normalized spacial score (nSPS) is 17.2. The van der Waals surface area contributed by atoms with Gasteiger partial charge in [-0.2, -0.15) is 0 Å². The Hall–Kier alpha value is -1.79. The number of hydrogen-bond donors (Lipinski definition) is 0. The molecule has 0 radical (unpaired) electrons. The molecule has 0 aromatic heterocycles. The number of nitrogens with zero attached hydrogens (tertiary/aromatic N) is 2. The molecule has 3 rings (SSSR count). The summed E-state index contributed by atoms with van der Waals surface area (Å²) in [6, 6.07) is 5.57. The van der Waals surface area contributed by atoms with E-state index in [9.17, 15) is 4.79 Å². The second-order valence-electron chi connectivity index (χ2n) is 7.52. The van der Waals surface area contributed by atoms with Crippen molar-refractivity contribution in [2.75, 3.05) is 59.2 Å². The fourth-order valence-corrected chi connectivity index (χ4v) is 3.61. The maximum atomic E-state index is 13.2. The molecule has 1 aromatic rings. The SMILES string of the molecule is CCCCCCN(CCN1CCOCC1)C(=O)c1ccc2c(c1)OCCCO2. The van der Waals surface area contributed by atoms with Gasteiger partial charge in [-0.15, -0.1) is 0 Å². The smallest absolute Gasteiger partial charge is 0.254 e. The molecule has 0 atom stereocenters. The first-order valence-corrected chi connectivity index (χ1v) is 10.8. The van der Waals surface area contributed by atoms with E-state index in [0.717, 1.165) is 64.5 Å². The highest BCUT2D eigenvalue weighted by molar-refractivity contribution is 5.95. The Labute approximate surface area is 168 Å². The van der Waals surface area contributed by atoms with E-state index >= 15 is 0 Å². The Morgan fingerprint density at radius 3 is 2.57 bits per heavy atom. The molecule has 0 saturated carbocycles. The molecule has 2 aliphatic heterocycles. The molecule has 1 aromatic carbocycles. The Morgan fingerprint density at radius 2 is 1.79 bits per heavy atom. The van der Waals surface area contributed by atoms with E-state index in [-0.39, 0.29) is 5.91 Å². The molecular formula is C22H34N2O4. The predicted octanol–water partition coefficient (Wildman–Crippen LogP) is 3.20. The predicted molar refractivity (Wildman–Crippen MR) is 109 cm³/mol. The quantitative estimate of drug-likeness (QED) is 0.606. The second-order valence-corrected chi connectivity index (χ2v) is 7.52. The number of ether oxygens (including phenoxy) is 3. The molecular weight excluding hydrogens is 356 g/mol. The van der Waals surface area contributed by atoms with Crippen molar-refractivity contribution in [3.63, 3.8) is 0 Å². The highest BCUT2D eigenvalue weighted by Gasteiger charge is 2.20. The lowest BCUT2D eigenvalue weighted by atomic mass is 10.1. The lowest BCUT2D eigenvalue weighted by molar-refractivity contribution is 0.0324. The molecule has 2 aliphatic rings. The summed E-state index contributed by atoms with van der Waals surface area (Å²) in [5.41, 5.74) is 0.682. The summed E-state index contributed by atoms with van der Waals surface area (Å²) < 4.78 is 16.9. The molecule has 6 heteroatoms. The van der Waals surface area contributed by atoms with Gasteiger partial charge in [0.2, 0.25) is 0 Å². The zero-order valence-electron chi connectivity index (χ0n) is 17.2. The van der Waals surface area contributed by atoms with Gasteiger partial charge in [-0.1, -0.05) is 26.2 Å². The van der Waals surface area contributed by atoms with Crippen molar-refractivity contribution in [1.82, 2.24) is 9.80 Å². The Kier molecular flexibility index (Phi) is 8.42. The Balaban J connectivity index is 1.64. The third-order valence-electron chi connectivity index (χ3n) is 5.35. The summed E-state index contributed by atoms with van der Waals surface area (Å²) >= 11 is 0. The molecule has 1 fully saturated rings. The Bertz CT molecular complexity index is 617. The van der Waals surface area contributed by atoms with Crippen LogP contribution in [0.3, 0.4) is 0 Å². The van der Waals surface area contributed by atoms with Crippen LogP contribution in [0, 0.1) is 0 Å². The van der Waals surface area contributed by atoms with E-state index in [2.05, 4.69) is 11.8 Å². The topological polar surface area (TPSA) is 51.2 Å². The van der Waals surface area contributed by atoms with Crippen molar-refractivity contribution in [1.29, 1.82) is 0 Å². The molecule has 156 valence electrons. The van der Waals surface area contributed by atoms with Gasteiger partial charge in [0, 0.05) is 44.7 Å². The van der Waals surface area contributed by atoms with Crippen LogP contribution in [0.4, 0.5) is 0 Å². The third kappa shape index (κ3) is 6.11. The summed E-state index contributed by atoms with van der Waals surface area (Å²) in [4.78, 5) is 17.6. The number of amides is 1. The van der Waals surface area contributed by atoms with E-state index in [1.165, 1.54) is 19.3 Å². The van der Waals surface area contributed by atoms with Crippen LogP contribution >= 0.6 is 0 Å². The monoisotopic (exact) mass is 390 g/mol. The average molecular weight is 391 g/mol. The molecule has 0 bridgehead atoms. The van der Waals surface area contributed by atoms with Crippen molar-refractivity contribution in [2.24, 2.45) is 0 Å². The van der Waals surface area contributed by atoms with Gasteiger partial charge in [-0.3, -0.25) is 9.69 Å². The number of carbonyl (C=O) groups excluding carboxylic acids is 1. The zero-order chi connectivity index (χ0) is 19.6. The minimum Gasteiger partial charge on any atom is -0.490 e. The number of benzene rings is 1. The standard InChI is InChI=1S/C22H34N2O4/c1-2-3-4-5-9-24(11-10-23-12-16-26-17-13-23)22(25)19-7-8-20-21(18-19)28-15-6-14-27-20/h7-8,18H,2-6,9-17H2,1H3. The second kappa shape index (κ2) is 11.3. The molecule has 0 aliphatic carbocycles.